The van der Waals surface area contributed by atoms with E-state index < -0.39 is 42.1 Å². The van der Waals surface area contributed by atoms with E-state index in [9.17, 15) is 14.4 Å². The molecular weight excluding hydrogens is 306 g/mol. The number of carbonyl (C=O) groups excluding carboxylic acids is 3. The van der Waals surface area contributed by atoms with Gasteiger partial charge in [-0.25, -0.2) is 4.79 Å². The quantitative estimate of drug-likeness (QED) is 0.471. The third-order valence-corrected chi connectivity index (χ3v) is 2.58. The molecule has 130 valence electrons. The molecule has 0 aromatic rings. The monoisotopic (exact) mass is 329 g/mol. The van der Waals surface area contributed by atoms with Crippen LogP contribution in [0.25, 0.3) is 0 Å². The van der Waals surface area contributed by atoms with E-state index in [1.807, 2.05) is 0 Å². The Labute approximate surface area is 135 Å². The zero-order valence-electron chi connectivity index (χ0n) is 14.0. The Morgan fingerprint density at radius 1 is 1.13 bits per heavy atom. The summed E-state index contributed by atoms with van der Waals surface area (Å²) in [4.78, 5) is 33.8. The van der Waals surface area contributed by atoms with Gasteiger partial charge in [-0.15, -0.1) is 0 Å². The van der Waals surface area contributed by atoms with E-state index in [1.165, 1.54) is 19.9 Å². The van der Waals surface area contributed by atoms with Gasteiger partial charge in [0.2, 0.25) is 0 Å². The fourth-order valence-electron chi connectivity index (χ4n) is 1.79. The van der Waals surface area contributed by atoms with Crippen molar-refractivity contribution in [1.82, 2.24) is 5.32 Å². The van der Waals surface area contributed by atoms with Gasteiger partial charge in [0.1, 0.15) is 24.4 Å². The van der Waals surface area contributed by atoms with E-state index in [0.29, 0.717) is 0 Å². The highest BCUT2D eigenvalue weighted by atomic mass is 16.6. The van der Waals surface area contributed by atoms with Crippen LogP contribution >= 0.6 is 0 Å². The minimum atomic E-state index is -0.780. The zero-order chi connectivity index (χ0) is 17.6. The minimum Gasteiger partial charge on any atom is -0.463 e. The van der Waals surface area contributed by atoms with Crippen molar-refractivity contribution in [1.29, 1.82) is 0 Å². The topological polar surface area (TPSA) is 100 Å². The predicted molar refractivity (Wildman–Crippen MR) is 79.4 cm³/mol. The smallest absolute Gasteiger partial charge is 0.409 e. The summed E-state index contributed by atoms with van der Waals surface area (Å²) in [6.45, 7) is 7.64. The SMILES string of the molecule is CC(=O)OC[C@H]1OC(NC(=O)OC(C)(C)C)C=C[C@@H]1OC(C)=O. The molecule has 0 aliphatic carbocycles. The summed E-state index contributed by atoms with van der Waals surface area (Å²) in [5.41, 5.74) is -0.639. The maximum atomic E-state index is 11.7. The molecule has 1 amide bonds. The van der Waals surface area contributed by atoms with Gasteiger partial charge < -0.3 is 18.9 Å². The van der Waals surface area contributed by atoms with Gasteiger partial charge in [-0.1, -0.05) is 0 Å². The molecule has 8 nitrogen and oxygen atoms in total. The molecule has 3 atom stereocenters. The Morgan fingerprint density at radius 3 is 2.30 bits per heavy atom. The molecule has 0 bridgehead atoms. The lowest BCUT2D eigenvalue weighted by molar-refractivity contribution is -0.164. The third kappa shape index (κ3) is 7.64. The van der Waals surface area contributed by atoms with Crippen LogP contribution in [0.5, 0.6) is 0 Å². The van der Waals surface area contributed by atoms with Gasteiger partial charge in [-0.05, 0) is 32.9 Å². The van der Waals surface area contributed by atoms with E-state index in [2.05, 4.69) is 5.32 Å². The number of ether oxygens (including phenoxy) is 4. The molecule has 0 aromatic heterocycles. The Hall–Kier alpha value is -2.09. The molecule has 8 heteroatoms. The first-order chi connectivity index (χ1) is 10.6. The Kier molecular flexibility index (Phi) is 6.56. The first-order valence-electron chi connectivity index (χ1n) is 7.20. The molecule has 1 unspecified atom stereocenters. The lowest BCUT2D eigenvalue weighted by atomic mass is 10.1. The molecule has 1 aliphatic heterocycles. The highest BCUT2D eigenvalue weighted by Crippen LogP contribution is 2.16. The Bertz CT molecular complexity index is 481. The molecule has 1 N–H and O–H groups in total. The number of alkyl carbamates (subject to hydrolysis) is 1. The summed E-state index contributed by atoms with van der Waals surface area (Å²) < 4.78 is 20.7. The lowest BCUT2D eigenvalue weighted by Gasteiger charge is -2.32. The first-order valence-corrected chi connectivity index (χ1v) is 7.20. The number of carbonyl (C=O) groups is 3. The van der Waals surface area contributed by atoms with Crippen LogP contribution in [0.3, 0.4) is 0 Å². The highest BCUT2D eigenvalue weighted by Gasteiger charge is 2.32. The van der Waals surface area contributed by atoms with Crippen molar-refractivity contribution < 1.29 is 33.3 Å². The number of hydrogen-bond acceptors (Lipinski definition) is 7. The second-order valence-corrected chi connectivity index (χ2v) is 6.00. The average molecular weight is 329 g/mol. The van der Waals surface area contributed by atoms with Gasteiger partial charge in [0, 0.05) is 13.8 Å². The van der Waals surface area contributed by atoms with Crippen LogP contribution in [0.2, 0.25) is 0 Å². The standard InChI is InChI=1S/C15H23NO7/c1-9(17)20-8-12-11(21-10(2)18)6-7-13(22-12)16-14(19)23-15(3,4)5/h6-7,11-13H,8H2,1-5H3,(H,16,19)/t11-,12+,13?/m0/s1. The molecule has 0 saturated heterocycles. The first kappa shape index (κ1) is 19.0. The van der Waals surface area contributed by atoms with E-state index in [4.69, 9.17) is 18.9 Å². The number of amides is 1. The molecule has 0 aromatic carbocycles. The van der Waals surface area contributed by atoms with Crippen LogP contribution in [-0.2, 0) is 28.5 Å². The van der Waals surface area contributed by atoms with Gasteiger partial charge in [0.25, 0.3) is 0 Å². The fraction of sp³-hybridized carbons (Fsp3) is 0.667. The normalized spacial score (nSPS) is 23.8. The third-order valence-electron chi connectivity index (χ3n) is 2.58. The van der Waals surface area contributed by atoms with Crippen LogP contribution in [-0.4, -0.2) is 48.7 Å². The van der Waals surface area contributed by atoms with Crippen LogP contribution in [0.1, 0.15) is 34.6 Å². The van der Waals surface area contributed by atoms with E-state index in [1.54, 1.807) is 26.8 Å². The van der Waals surface area contributed by atoms with E-state index >= 15 is 0 Å². The summed E-state index contributed by atoms with van der Waals surface area (Å²) in [5, 5.41) is 2.52. The van der Waals surface area contributed by atoms with Crippen molar-refractivity contribution >= 4 is 18.0 Å². The summed E-state index contributed by atoms with van der Waals surface area (Å²) in [5.74, 6) is -0.976. The summed E-state index contributed by atoms with van der Waals surface area (Å²) in [6, 6.07) is 0. The fourth-order valence-corrected chi connectivity index (χ4v) is 1.79. The maximum absolute atomic E-state index is 11.7. The van der Waals surface area contributed by atoms with E-state index in [-0.39, 0.29) is 6.61 Å². The molecular formula is C15H23NO7. The van der Waals surface area contributed by atoms with Crippen molar-refractivity contribution in [3.63, 3.8) is 0 Å². The molecule has 1 aliphatic rings. The van der Waals surface area contributed by atoms with Crippen LogP contribution in [0.4, 0.5) is 4.79 Å². The van der Waals surface area contributed by atoms with Crippen molar-refractivity contribution in [3.05, 3.63) is 12.2 Å². The number of esters is 2. The molecule has 0 fully saturated rings. The van der Waals surface area contributed by atoms with Crippen molar-refractivity contribution in [2.24, 2.45) is 0 Å². The van der Waals surface area contributed by atoms with E-state index in [0.717, 1.165) is 0 Å². The van der Waals surface area contributed by atoms with Gasteiger partial charge in [0.15, 0.2) is 6.23 Å². The number of hydrogen-bond donors (Lipinski definition) is 1. The van der Waals surface area contributed by atoms with Gasteiger partial charge >= 0.3 is 18.0 Å². The second-order valence-electron chi connectivity index (χ2n) is 6.00. The average Bonchev–Trinajstić information content (AvgIpc) is 2.35. The molecule has 0 saturated carbocycles. The van der Waals surface area contributed by atoms with Crippen molar-refractivity contribution in [2.45, 2.75) is 58.7 Å². The molecule has 1 heterocycles. The van der Waals surface area contributed by atoms with Crippen molar-refractivity contribution in [3.8, 4) is 0 Å². The molecule has 0 radical (unpaired) electrons. The van der Waals surface area contributed by atoms with Crippen molar-refractivity contribution in [2.75, 3.05) is 6.61 Å². The molecule has 0 spiro atoms. The highest BCUT2D eigenvalue weighted by molar-refractivity contribution is 5.68. The summed E-state index contributed by atoms with van der Waals surface area (Å²) in [6.07, 6.45) is 0.237. The summed E-state index contributed by atoms with van der Waals surface area (Å²) in [7, 11) is 0. The van der Waals surface area contributed by atoms with Crippen LogP contribution in [0, 0.1) is 0 Å². The summed E-state index contributed by atoms with van der Waals surface area (Å²) >= 11 is 0. The predicted octanol–water partition coefficient (Wildman–Crippen LogP) is 1.29. The van der Waals surface area contributed by atoms with Gasteiger partial charge in [-0.2, -0.15) is 0 Å². The number of rotatable bonds is 4. The maximum Gasteiger partial charge on any atom is 0.409 e. The molecule has 23 heavy (non-hydrogen) atoms. The van der Waals surface area contributed by atoms with Crippen LogP contribution < -0.4 is 5.32 Å². The van der Waals surface area contributed by atoms with Gasteiger partial charge in [0.05, 0.1) is 0 Å². The zero-order valence-corrected chi connectivity index (χ0v) is 14.0. The van der Waals surface area contributed by atoms with Crippen LogP contribution in [0.15, 0.2) is 12.2 Å². The van der Waals surface area contributed by atoms with Gasteiger partial charge in [-0.3, -0.25) is 14.9 Å². The Balaban J connectivity index is 2.68. The number of nitrogens with one attached hydrogen (secondary N) is 1. The second kappa shape index (κ2) is 7.96. The lowest BCUT2D eigenvalue weighted by Crippen LogP contribution is -2.48. The molecule has 1 rings (SSSR count). The largest absolute Gasteiger partial charge is 0.463 e. The minimum absolute atomic E-state index is 0.107. The Morgan fingerprint density at radius 2 is 1.78 bits per heavy atom.